The van der Waals surface area contributed by atoms with Crippen LogP contribution in [-0.4, -0.2) is 42.0 Å². The monoisotopic (exact) mass is 332 g/mol. The summed E-state index contributed by atoms with van der Waals surface area (Å²) in [6.07, 6.45) is 3.38. The van der Waals surface area contributed by atoms with Crippen LogP contribution >= 0.6 is 11.8 Å². The van der Waals surface area contributed by atoms with Gasteiger partial charge in [0.2, 0.25) is 0 Å². The lowest BCUT2D eigenvalue weighted by molar-refractivity contribution is 0.0526. The molecule has 2 heterocycles. The third kappa shape index (κ3) is 3.24. The van der Waals surface area contributed by atoms with Gasteiger partial charge in [0.25, 0.3) is 0 Å². The first-order valence-corrected chi connectivity index (χ1v) is 8.43. The summed E-state index contributed by atoms with van der Waals surface area (Å²) < 4.78 is 16.2. The van der Waals surface area contributed by atoms with Crippen molar-refractivity contribution >= 4 is 17.7 Å². The molecule has 0 spiro atoms. The van der Waals surface area contributed by atoms with Crippen LogP contribution < -0.4 is 9.47 Å². The fraction of sp³-hybridized carbons (Fsp3) is 0.312. The first kappa shape index (κ1) is 15.6. The normalized spacial score (nSPS) is 12.8. The van der Waals surface area contributed by atoms with Gasteiger partial charge >= 0.3 is 5.97 Å². The average molecular weight is 332 g/mol. The Kier molecular flexibility index (Phi) is 4.66. The predicted molar refractivity (Wildman–Crippen MR) is 86.2 cm³/mol. The van der Waals surface area contributed by atoms with Crippen LogP contribution in [0.15, 0.2) is 29.6 Å². The zero-order valence-corrected chi connectivity index (χ0v) is 13.7. The van der Waals surface area contributed by atoms with Crippen molar-refractivity contribution in [3.05, 3.63) is 30.0 Å². The molecule has 0 fully saturated rings. The molecule has 0 aliphatic carbocycles. The van der Waals surface area contributed by atoms with Gasteiger partial charge in [0.15, 0.2) is 16.7 Å². The van der Waals surface area contributed by atoms with Crippen molar-refractivity contribution in [3.63, 3.8) is 0 Å². The summed E-state index contributed by atoms with van der Waals surface area (Å²) in [5, 5.41) is 0.586. The van der Waals surface area contributed by atoms with Crippen LogP contribution in [0.25, 0.3) is 11.3 Å². The Labute approximate surface area is 138 Å². The number of rotatable bonds is 4. The maximum absolute atomic E-state index is 12.2. The second-order valence-electron chi connectivity index (χ2n) is 4.70. The predicted octanol–water partition coefficient (Wildman–Crippen LogP) is 2.81. The summed E-state index contributed by atoms with van der Waals surface area (Å²) in [5.74, 6) is 0.898. The molecule has 0 saturated carbocycles. The third-order valence-electron chi connectivity index (χ3n) is 3.26. The Hall–Kier alpha value is -2.28. The molecule has 6 nitrogen and oxygen atoms in total. The Balaban J connectivity index is 2.08. The van der Waals surface area contributed by atoms with E-state index < -0.39 is 5.97 Å². The molecule has 0 unspecified atom stereocenters. The van der Waals surface area contributed by atoms with E-state index in [1.807, 2.05) is 24.5 Å². The Morgan fingerprint density at radius 2 is 2.09 bits per heavy atom. The second kappa shape index (κ2) is 6.87. The van der Waals surface area contributed by atoms with Crippen LogP contribution in [0.2, 0.25) is 0 Å². The van der Waals surface area contributed by atoms with Crippen molar-refractivity contribution < 1.29 is 19.0 Å². The van der Waals surface area contributed by atoms with E-state index in [0.717, 1.165) is 5.56 Å². The van der Waals surface area contributed by atoms with Gasteiger partial charge in [0.05, 0.1) is 12.3 Å². The van der Waals surface area contributed by atoms with Gasteiger partial charge in [-0.15, -0.1) is 0 Å². The van der Waals surface area contributed by atoms with Gasteiger partial charge in [0.1, 0.15) is 18.8 Å². The molecule has 1 aliphatic heterocycles. The Morgan fingerprint density at radius 1 is 1.30 bits per heavy atom. The number of benzene rings is 1. The summed E-state index contributed by atoms with van der Waals surface area (Å²) in [7, 11) is 0. The molecule has 1 aliphatic rings. The average Bonchev–Trinajstić information content (AvgIpc) is 2.61. The molecule has 0 N–H and O–H groups in total. The molecule has 3 rings (SSSR count). The molecule has 0 bridgehead atoms. The molecule has 7 heteroatoms. The fourth-order valence-electron chi connectivity index (χ4n) is 2.23. The Bertz CT molecular complexity index is 736. The summed E-state index contributed by atoms with van der Waals surface area (Å²) in [4.78, 5) is 20.8. The number of nitrogens with zero attached hydrogens (tertiary/aromatic N) is 2. The smallest absolute Gasteiger partial charge is 0.341 e. The number of aromatic nitrogens is 2. The molecule has 0 saturated heterocycles. The highest BCUT2D eigenvalue weighted by Crippen LogP contribution is 2.35. The number of hydrogen-bond donors (Lipinski definition) is 0. The summed E-state index contributed by atoms with van der Waals surface area (Å²) in [5.41, 5.74) is 1.62. The van der Waals surface area contributed by atoms with E-state index >= 15 is 0 Å². The van der Waals surface area contributed by atoms with Crippen LogP contribution in [0.1, 0.15) is 17.3 Å². The van der Waals surface area contributed by atoms with E-state index in [-0.39, 0.29) is 0 Å². The lowest BCUT2D eigenvalue weighted by Crippen LogP contribution is -2.15. The van der Waals surface area contributed by atoms with Crippen LogP contribution in [0, 0.1) is 0 Å². The molecule has 120 valence electrons. The molecular formula is C16H16N2O4S. The summed E-state index contributed by atoms with van der Waals surface area (Å²) >= 11 is 1.41. The third-order valence-corrected chi connectivity index (χ3v) is 3.82. The van der Waals surface area contributed by atoms with E-state index in [0.29, 0.717) is 47.7 Å². The molecule has 23 heavy (non-hydrogen) atoms. The van der Waals surface area contributed by atoms with E-state index in [1.54, 1.807) is 6.92 Å². The van der Waals surface area contributed by atoms with Gasteiger partial charge < -0.3 is 14.2 Å². The number of hydrogen-bond acceptors (Lipinski definition) is 7. The van der Waals surface area contributed by atoms with Gasteiger partial charge in [-0.2, -0.15) is 0 Å². The number of ether oxygens (including phenoxy) is 3. The van der Waals surface area contributed by atoms with Gasteiger partial charge in [-0.05, 0) is 31.4 Å². The van der Waals surface area contributed by atoms with Crippen molar-refractivity contribution in [2.24, 2.45) is 0 Å². The lowest BCUT2D eigenvalue weighted by Gasteiger charge is -2.19. The first-order chi connectivity index (χ1) is 11.2. The number of fused-ring (bicyclic) bond motifs is 1. The SMILES string of the molecule is CCOC(=O)c1cnc(SC)nc1-c1ccc2c(c1)OCCO2. The molecule has 0 radical (unpaired) electrons. The van der Waals surface area contributed by atoms with E-state index in [1.165, 1.54) is 18.0 Å². The number of carbonyl (C=O) groups is 1. The van der Waals surface area contributed by atoms with E-state index in [2.05, 4.69) is 9.97 Å². The van der Waals surface area contributed by atoms with Crippen LogP contribution in [0.3, 0.4) is 0 Å². The minimum absolute atomic E-state index is 0.295. The van der Waals surface area contributed by atoms with Crippen molar-refractivity contribution in [1.82, 2.24) is 9.97 Å². The van der Waals surface area contributed by atoms with Crippen molar-refractivity contribution in [1.29, 1.82) is 0 Å². The van der Waals surface area contributed by atoms with Gasteiger partial charge in [-0.25, -0.2) is 14.8 Å². The fourth-order valence-corrected chi connectivity index (χ4v) is 2.57. The minimum atomic E-state index is -0.440. The van der Waals surface area contributed by atoms with E-state index in [4.69, 9.17) is 14.2 Å². The number of esters is 1. The van der Waals surface area contributed by atoms with Crippen LogP contribution in [0.4, 0.5) is 0 Å². The molecule has 0 amide bonds. The number of carbonyl (C=O) groups excluding carboxylic acids is 1. The summed E-state index contributed by atoms with van der Waals surface area (Å²) in [6, 6.07) is 5.49. The van der Waals surface area contributed by atoms with Crippen molar-refractivity contribution in [3.8, 4) is 22.8 Å². The maximum atomic E-state index is 12.2. The first-order valence-electron chi connectivity index (χ1n) is 7.21. The topological polar surface area (TPSA) is 70.5 Å². The van der Waals surface area contributed by atoms with Crippen molar-refractivity contribution in [2.45, 2.75) is 12.1 Å². The zero-order chi connectivity index (χ0) is 16.2. The number of thioether (sulfide) groups is 1. The van der Waals surface area contributed by atoms with Crippen LogP contribution in [0.5, 0.6) is 11.5 Å². The molecular weight excluding hydrogens is 316 g/mol. The molecule has 0 atom stereocenters. The highest BCUT2D eigenvalue weighted by atomic mass is 32.2. The quantitative estimate of drug-likeness (QED) is 0.484. The van der Waals surface area contributed by atoms with E-state index in [9.17, 15) is 4.79 Å². The lowest BCUT2D eigenvalue weighted by atomic mass is 10.1. The van der Waals surface area contributed by atoms with Crippen molar-refractivity contribution in [2.75, 3.05) is 26.1 Å². The molecule has 1 aromatic heterocycles. The minimum Gasteiger partial charge on any atom is -0.486 e. The second-order valence-corrected chi connectivity index (χ2v) is 5.47. The maximum Gasteiger partial charge on any atom is 0.341 e. The molecule has 1 aromatic carbocycles. The zero-order valence-electron chi connectivity index (χ0n) is 12.9. The van der Waals surface area contributed by atoms with Gasteiger partial charge in [-0.3, -0.25) is 0 Å². The highest BCUT2D eigenvalue weighted by Gasteiger charge is 2.20. The Morgan fingerprint density at radius 3 is 2.83 bits per heavy atom. The van der Waals surface area contributed by atoms with Gasteiger partial charge in [0, 0.05) is 11.8 Å². The van der Waals surface area contributed by atoms with Crippen LogP contribution in [-0.2, 0) is 4.74 Å². The standard InChI is InChI=1S/C16H16N2O4S/c1-3-20-15(19)11-9-17-16(23-2)18-14(11)10-4-5-12-13(8-10)22-7-6-21-12/h4-5,8-9H,3,6-7H2,1-2H3. The largest absolute Gasteiger partial charge is 0.486 e. The summed E-state index contributed by atoms with van der Waals surface area (Å²) in [6.45, 7) is 3.09. The molecule has 2 aromatic rings. The highest BCUT2D eigenvalue weighted by molar-refractivity contribution is 7.98. The van der Waals surface area contributed by atoms with Gasteiger partial charge in [-0.1, -0.05) is 11.8 Å².